The maximum Gasteiger partial charge on any atom is 0.319 e. The molecular weight excluding hydrogens is 342 g/mol. The standard InChI is InChI=1S/C20H29N5O2/c1-6-19(26)22-17-8-7-14(3)18(10-17)23-20(27)21-11-13(2)12-25-16(5)9-15(4)24-25/h7-10,13H,6,11-12H2,1-5H3,(H,22,26)(H2,21,23,27). The number of carbonyl (C=O) groups is 2. The number of aryl methyl sites for hydroxylation is 3. The van der Waals surface area contributed by atoms with E-state index in [4.69, 9.17) is 0 Å². The van der Waals surface area contributed by atoms with E-state index in [2.05, 4.69) is 28.0 Å². The monoisotopic (exact) mass is 371 g/mol. The molecule has 7 nitrogen and oxygen atoms in total. The zero-order valence-corrected chi connectivity index (χ0v) is 16.7. The van der Waals surface area contributed by atoms with Crippen LogP contribution in [-0.2, 0) is 11.3 Å². The zero-order valence-electron chi connectivity index (χ0n) is 16.7. The number of rotatable bonds is 7. The number of carbonyl (C=O) groups excluding carboxylic acids is 2. The predicted octanol–water partition coefficient (Wildman–Crippen LogP) is 3.61. The molecule has 1 atom stereocenters. The number of hydrogen-bond acceptors (Lipinski definition) is 3. The maximum atomic E-state index is 12.3. The van der Waals surface area contributed by atoms with Crippen LogP contribution in [0.4, 0.5) is 16.2 Å². The Balaban J connectivity index is 1.88. The molecule has 3 N–H and O–H groups in total. The Labute approximate surface area is 160 Å². The molecule has 1 unspecified atom stereocenters. The molecule has 1 aromatic heterocycles. The summed E-state index contributed by atoms with van der Waals surface area (Å²) in [6.07, 6.45) is 0.407. The molecule has 1 aromatic carbocycles. The quantitative estimate of drug-likeness (QED) is 0.695. The molecule has 27 heavy (non-hydrogen) atoms. The first kappa shape index (κ1) is 20.5. The van der Waals surface area contributed by atoms with Crippen LogP contribution < -0.4 is 16.0 Å². The third kappa shape index (κ3) is 6.13. The summed E-state index contributed by atoms with van der Waals surface area (Å²) in [5, 5.41) is 13.0. The lowest BCUT2D eigenvalue weighted by Crippen LogP contribution is -2.34. The maximum absolute atomic E-state index is 12.3. The van der Waals surface area contributed by atoms with Gasteiger partial charge in [-0.2, -0.15) is 5.10 Å². The van der Waals surface area contributed by atoms with Crippen molar-refractivity contribution < 1.29 is 9.59 Å². The second kappa shape index (κ2) is 9.21. The van der Waals surface area contributed by atoms with Crippen molar-refractivity contribution in [3.05, 3.63) is 41.2 Å². The molecule has 2 rings (SSSR count). The van der Waals surface area contributed by atoms with Gasteiger partial charge in [0.1, 0.15) is 0 Å². The minimum Gasteiger partial charge on any atom is -0.338 e. The topological polar surface area (TPSA) is 88.0 Å². The van der Waals surface area contributed by atoms with Crippen molar-refractivity contribution >= 4 is 23.3 Å². The van der Waals surface area contributed by atoms with Gasteiger partial charge in [0.25, 0.3) is 0 Å². The van der Waals surface area contributed by atoms with Gasteiger partial charge in [0.15, 0.2) is 0 Å². The van der Waals surface area contributed by atoms with E-state index < -0.39 is 0 Å². The molecular formula is C20H29N5O2. The van der Waals surface area contributed by atoms with Crippen molar-refractivity contribution in [2.75, 3.05) is 17.2 Å². The number of nitrogens with one attached hydrogen (secondary N) is 3. The summed E-state index contributed by atoms with van der Waals surface area (Å²) in [7, 11) is 0. The van der Waals surface area contributed by atoms with Crippen molar-refractivity contribution in [1.29, 1.82) is 0 Å². The van der Waals surface area contributed by atoms with Gasteiger partial charge in [0, 0.05) is 36.6 Å². The number of hydrogen-bond donors (Lipinski definition) is 3. The molecule has 0 aliphatic rings. The number of benzene rings is 1. The highest BCUT2D eigenvalue weighted by atomic mass is 16.2. The van der Waals surface area contributed by atoms with Crippen LogP contribution in [0.15, 0.2) is 24.3 Å². The average Bonchev–Trinajstić information content (AvgIpc) is 2.93. The molecule has 146 valence electrons. The molecule has 0 aliphatic heterocycles. The molecule has 0 spiro atoms. The van der Waals surface area contributed by atoms with Gasteiger partial charge in [-0.25, -0.2) is 4.79 Å². The fraction of sp³-hybridized carbons (Fsp3) is 0.450. The minimum atomic E-state index is -0.266. The van der Waals surface area contributed by atoms with Gasteiger partial charge in [-0.05, 0) is 50.5 Å². The van der Waals surface area contributed by atoms with E-state index >= 15 is 0 Å². The molecule has 1 heterocycles. The molecule has 2 aromatic rings. The van der Waals surface area contributed by atoms with Gasteiger partial charge >= 0.3 is 6.03 Å². The van der Waals surface area contributed by atoms with Crippen LogP contribution in [0.2, 0.25) is 0 Å². The summed E-state index contributed by atoms with van der Waals surface area (Å²) in [4.78, 5) is 23.8. The van der Waals surface area contributed by atoms with E-state index in [-0.39, 0.29) is 17.9 Å². The summed E-state index contributed by atoms with van der Waals surface area (Å²) in [5.41, 5.74) is 4.38. The van der Waals surface area contributed by atoms with Crippen LogP contribution in [-0.4, -0.2) is 28.3 Å². The zero-order chi connectivity index (χ0) is 20.0. The third-order valence-corrected chi connectivity index (χ3v) is 4.29. The summed E-state index contributed by atoms with van der Waals surface area (Å²) >= 11 is 0. The van der Waals surface area contributed by atoms with Crippen molar-refractivity contribution in [2.24, 2.45) is 5.92 Å². The van der Waals surface area contributed by atoms with Crippen molar-refractivity contribution in [1.82, 2.24) is 15.1 Å². The highest BCUT2D eigenvalue weighted by Gasteiger charge is 2.10. The van der Waals surface area contributed by atoms with Crippen LogP contribution in [0.25, 0.3) is 0 Å². The fourth-order valence-electron chi connectivity index (χ4n) is 2.74. The van der Waals surface area contributed by atoms with Crippen LogP contribution in [0.1, 0.15) is 37.2 Å². The second-order valence-electron chi connectivity index (χ2n) is 6.98. The number of nitrogens with zero attached hydrogens (tertiary/aromatic N) is 2. The van der Waals surface area contributed by atoms with Gasteiger partial charge in [0.05, 0.1) is 5.69 Å². The molecule has 0 saturated heterocycles. The first-order valence-corrected chi connectivity index (χ1v) is 9.25. The normalized spacial score (nSPS) is 11.7. The van der Waals surface area contributed by atoms with Gasteiger partial charge in [-0.15, -0.1) is 0 Å². The molecule has 0 aliphatic carbocycles. The Morgan fingerprint density at radius 1 is 1.15 bits per heavy atom. The lowest BCUT2D eigenvalue weighted by molar-refractivity contribution is -0.115. The van der Waals surface area contributed by atoms with Gasteiger partial charge in [-0.3, -0.25) is 9.48 Å². The summed E-state index contributed by atoms with van der Waals surface area (Å²) in [5.74, 6) is 0.178. The largest absolute Gasteiger partial charge is 0.338 e. The Morgan fingerprint density at radius 3 is 2.52 bits per heavy atom. The van der Waals surface area contributed by atoms with Crippen molar-refractivity contribution in [3.63, 3.8) is 0 Å². The fourth-order valence-corrected chi connectivity index (χ4v) is 2.74. The van der Waals surface area contributed by atoms with Gasteiger partial charge in [-0.1, -0.05) is 19.9 Å². The molecule has 3 amide bonds. The summed E-state index contributed by atoms with van der Waals surface area (Å²) < 4.78 is 1.96. The third-order valence-electron chi connectivity index (χ3n) is 4.29. The summed E-state index contributed by atoms with van der Waals surface area (Å²) in [6, 6.07) is 7.23. The molecule has 0 saturated carbocycles. The van der Waals surface area contributed by atoms with Crippen LogP contribution in [0.3, 0.4) is 0 Å². The van der Waals surface area contributed by atoms with E-state index in [1.807, 2.05) is 43.7 Å². The van der Waals surface area contributed by atoms with Crippen LogP contribution >= 0.6 is 0 Å². The van der Waals surface area contributed by atoms with Crippen LogP contribution in [0.5, 0.6) is 0 Å². The Hall–Kier alpha value is -2.83. The summed E-state index contributed by atoms with van der Waals surface area (Å²) in [6.45, 7) is 11.1. The highest BCUT2D eigenvalue weighted by molar-refractivity contribution is 5.94. The first-order chi connectivity index (χ1) is 12.8. The second-order valence-corrected chi connectivity index (χ2v) is 6.98. The smallest absolute Gasteiger partial charge is 0.319 e. The van der Waals surface area contributed by atoms with E-state index in [0.717, 1.165) is 23.5 Å². The Bertz CT molecular complexity index is 813. The van der Waals surface area contributed by atoms with Gasteiger partial charge < -0.3 is 16.0 Å². The molecule has 0 fully saturated rings. The molecule has 0 radical (unpaired) electrons. The number of urea groups is 1. The predicted molar refractivity (Wildman–Crippen MR) is 108 cm³/mol. The van der Waals surface area contributed by atoms with E-state index in [1.165, 1.54) is 0 Å². The number of amides is 3. The van der Waals surface area contributed by atoms with E-state index in [1.54, 1.807) is 13.0 Å². The van der Waals surface area contributed by atoms with E-state index in [9.17, 15) is 9.59 Å². The number of aromatic nitrogens is 2. The first-order valence-electron chi connectivity index (χ1n) is 9.25. The van der Waals surface area contributed by atoms with Crippen LogP contribution in [0, 0.1) is 26.7 Å². The lowest BCUT2D eigenvalue weighted by atomic mass is 10.1. The minimum absolute atomic E-state index is 0.0627. The van der Waals surface area contributed by atoms with Gasteiger partial charge in [0.2, 0.25) is 5.91 Å². The molecule has 7 heteroatoms. The molecule has 0 bridgehead atoms. The van der Waals surface area contributed by atoms with E-state index in [0.29, 0.717) is 24.3 Å². The SMILES string of the molecule is CCC(=O)Nc1ccc(C)c(NC(=O)NCC(C)Cn2nc(C)cc2C)c1. The lowest BCUT2D eigenvalue weighted by Gasteiger charge is -2.16. The highest BCUT2D eigenvalue weighted by Crippen LogP contribution is 2.20. The number of anilines is 2. The Morgan fingerprint density at radius 2 is 1.89 bits per heavy atom. The average molecular weight is 371 g/mol. The Kier molecular flexibility index (Phi) is 6.98. The van der Waals surface area contributed by atoms with Crippen molar-refractivity contribution in [2.45, 2.75) is 47.6 Å². The van der Waals surface area contributed by atoms with Crippen molar-refractivity contribution in [3.8, 4) is 0 Å².